The smallest absolute Gasteiger partial charge is 0.241 e. The third-order valence-electron chi connectivity index (χ3n) is 4.39. The molecular weight excluding hydrogens is 276 g/mol. The Labute approximate surface area is 122 Å². The number of amides is 1. The molecule has 2 atom stereocenters. The van der Waals surface area contributed by atoms with Gasteiger partial charge >= 0.3 is 0 Å². The van der Waals surface area contributed by atoms with Crippen molar-refractivity contribution < 1.29 is 4.79 Å². The van der Waals surface area contributed by atoms with Gasteiger partial charge in [-0.2, -0.15) is 23.1 Å². The highest BCUT2D eigenvalue weighted by Gasteiger charge is 2.45. The molecule has 1 aromatic heterocycles. The van der Waals surface area contributed by atoms with E-state index in [0.717, 1.165) is 6.54 Å². The summed E-state index contributed by atoms with van der Waals surface area (Å²) in [6.07, 6.45) is 6.02. The first-order valence-electron chi connectivity index (χ1n) is 6.79. The summed E-state index contributed by atoms with van der Waals surface area (Å²) in [7, 11) is 0. The number of carbonyl (C=O) groups is 1. The van der Waals surface area contributed by atoms with Crippen molar-refractivity contribution in [2.75, 3.05) is 12.8 Å². The summed E-state index contributed by atoms with van der Waals surface area (Å²) in [6, 6.07) is 2.05. The minimum Gasteiger partial charge on any atom is -0.320 e. The van der Waals surface area contributed by atoms with Crippen LogP contribution in [0, 0.1) is 0 Å². The Morgan fingerprint density at radius 1 is 1.58 bits per heavy atom. The van der Waals surface area contributed by atoms with Crippen LogP contribution >= 0.6 is 23.1 Å². The second-order valence-corrected chi connectivity index (χ2v) is 7.61. The molecule has 1 amide bonds. The van der Waals surface area contributed by atoms with Crippen molar-refractivity contribution in [2.24, 2.45) is 0 Å². The van der Waals surface area contributed by atoms with E-state index in [4.69, 9.17) is 0 Å². The van der Waals surface area contributed by atoms with E-state index < -0.39 is 0 Å². The zero-order valence-corrected chi connectivity index (χ0v) is 13.0. The lowest BCUT2D eigenvalue weighted by Crippen LogP contribution is -2.47. The molecule has 1 saturated heterocycles. The molecule has 1 saturated carbocycles. The third kappa shape index (κ3) is 2.32. The molecule has 104 valence electrons. The van der Waals surface area contributed by atoms with Gasteiger partial charge in [0.2, 0.25) is 5.91 Å². The average molecular weight is 296 g/mol. The number of thioether (sulfide) groups is 1. The van der Waals surface area contributed by atoms with Crippen LogP contribution in [0.25, 0.3) is 0 Å². The summed E-state index contributed by atoms with van der Waals surface area (Å²) >= 11 is 3.62. The molecule has 2 fully saturated rings. The average Bonchev–Trinajstić information content (AvgIpc) is 2.96. The molecule has 0 radical (unpaired) electrons. The Bertz CT molecular complexity index is 451. The maximum atomic E-state index is 12.4. The third-order valence-corrected chi connectivity index (χ3v) is 6.49. The van der Waals surface area contributed by atoms with Gasteiger partial charge in [0.1, 0.15) is 6.17 Å². The van der Waals surface area contributed by atoms with Crippen LogP contribution in [0.3, 0.4) is 0 Å². The van der Waals surface area contributed by atoms with Gasteiger partial charge in [0.25, 0.3) is 0 Å². The maximum Gasteiger partial charge on any atom is 0.241 e. The minimum atomic E-state index is -0.0658. The highest BCUT2D eigenvalue weighted by Crippen LogP contribution is 2.45. The van der Waals surface area contributed by atoms with Gasteiger partial charge in [-0.3, -0.25) is 10.1 Å². The van der Waals surface area contributed by atoms with E-state index in [1.54, 1.807) is 11.3 Å². The predicted octanol–water partition coefficient (Wildman–Crippen LogP) is 2.85. The molecule has 1 aromatic rings. The number of thiophene rings is 1. The van der Waals surface area contributed by atoms with E-state index in [1.165, 1.54) is 24.8 Å². The quantitative estimate of drug-likeness (QED) is 0.927. The van der Waals surface area contributed by atoms with E-state index >= 15 is 0 Å². The molecule has 3 rings (SSSR count). The molecule has 1 N–H and O–H groups in total. The molecule has 0 aromatic carbocycles. The number of hydrogen-bond donors (Lipinski definition) is 1. The van der Waals surface area contributed by atoms with E-state index in [0.29, 0.717) is 4.75 Å². The lowest BCUT2D eigenvalue weighted by Gasteiger charge is -2.44. The first-order chi connectivity index (χ1) is 9.15. The molecule has 3 nitrogen and oxygen atoms in total. The van der Waals surface area contributed by atoms with Crippen molar-refractivity contribution in [3.05, 3.63) is 22.4 Å². The Kier molecular flexibility index (Phi) is 3.62. The first kappa shape index (κ1) is 13.5. The molecule has 1 aliphatic carbocycles. The zero-order chi connectivity index (χ0) is 13.5. The van der Waals surface area contributed by atoms with Crippen LogP contribution in [0.4, 0.5) is 0 Å². The van der Waals surface area contributed by atoms with Crippen LogP contribution in [0.1, 0.15) is 37.9 Å². The second kappa shape index (κ2) is 5.11. The van der Waals surface area contributed by atoms with Crippen molar-refractivity contribution >= 4 is 29.0 Å². The fourth-order valence-corrected chi connectivity index (χ4v) is 4.60. The molecule has 2 unspecified atom stereocenters. The van der Waals surface area contributed by atoms with Crippen molar-refractivity contribution in [1.82, 2.24) is 10.2 Å². The fourth-order valence-electron chi connectivity index (χ4n) is 2.96. The van der Waals surface area contributed by atoms with Gasteiger partial charge in [-0.05, 0) is 48.4 Å². The van der Waals surface area contributed by atoms with Gasteiger partial charge in [-0.25, -0.2) is 0 Å². The number of hydrogen-bond acceptors (Lipinski definition) is 4. The first-order valence-corrected chi connectivity index (χ1v) is 8.96. The van der Waals surface area contributed by atoms with Crippen LogP contribution in [-0.4, -0.2) is 34.4 Å². The normalized spacial score (nSPS) is 29.6. The zero-order valence-electron chi connectivity index (χ0n) is 11.4. The van der Waals surface area contributed by atoms with Crippen LogP contribution in [0.5, 0.6) is 0 Å². The summed E-state index contributed by atoms with van der Waals surface area (Å²) in [5.41, 5.74) is 1.22. The van der Waals surface area contributed by atoms with Crippen molar-refractivity contribution in [3.8, 4) is 0 Å². The SMILES string of the molecule is CSC1(CN2C(=O)C(C)NC2c2ccsc2)CCC1. The standard InChI is InChI=1S/C14H20N2OS2/c1-10-13(17)16(9-14(18-2)5-3-6-14)12(15-10)11-4-7-19-8-11/h4,7-8,10,12,15H,3,5-6,9H2,1-2H3. The van der Waals surface area contributed by atoms with E-state index in [1.807, 2.05) is 18.7 Å². The number of nitrogens with zero attached hydrogens (tertiary/aromatic N) is 1. The van der Waals surface area contributed by atoms with Crippen LogP contribution in [-0.2, 0) is 4.79 Å². The highest BCUT2D eigenvalue weighted by molar-refractivity contribution is 8.00. The van der Waals surface area contributed by atoms with Crippen molar-refractivity contribution in [3.63, 3.8) is 0 Å². The Morgan fingerprint density at radius 3 is 2.89 bits per heavy atom. The molecule has 5 heteroatoms. The largest absolute Gasteiger partial charge is 0.320 e. The van der Waals surface area contributed by atoms with Gasteiger partial charge in [0, 0.05) is 11.3 Å². The van der Waals surface area contributed by atoms with Gasteiger partial charge < -0.3 is 4.90 Å². The number of carbonyl (C=O) groups excluding carboxylic acids is 1. The molecule has 19 heavy (non-hydrogen) atoms. The lowest BCUT2D eigenvalue weighted by molar-refractivity contribution is -0.130. The molecule has 0 spiro atoms. The van der Waals surface area contributed by atoms with Gasteiger partial charge in [-0.15, -0.1) is 0 Å². The second-order valence-electron chi connectivity index (χ2n) is 5.55. The van der Waals surface area contributed by atoms with Crippen LogP contribution in [0.2, 0.25) is 0 Å². The topological polar surface area (TPSA) is 32.3 Å². The summed E-state index contributed by atoms with van der Waals surface area (Å²) in [5.74, 6) is 0.247. The van der Waals surface area contributed by atoms with Crippen molar-refractivity contribution in [1.29, 1.82) is 0 Å². The lowest BCUT2D eigenvalue weighted by atomic mass is 9.83. The molecule has 1 aliphatic heterocycles. The highest BCUT2D eigenvalue weighted by atomic mass is 32.2. The number of rotatable bonds is 4. The van der Waals surface area contributed by atoms with Crippen LogP contribution in [0.15, 0.2) is 16.8 Å². The Balaban J connectivity index is 1.81. The Morgan fingerprint density at radius 2 is 2.37 bits per heavy atom. The minimum absolute atomic E-state index is 0.0658. The van der Waals surface area contributed by atoms with Gasteiger partial charge in [-0.1, -0.05) is 6.42 Å². The van der Waals surface area contributed by atoms with Crippen LogP contribution < -0.4 is 5.32 Å². The van der Waals surface area contributed by atoms with E-state index in [2.05, 4.69) is 33.3 Å². The molecule has 2 aliphatic rings. The summed E-state index contributed by atoms with van der Waals surface area (Å²) in [6.45, 7) is 2.85. The summed E-state index contributed by atoms with van der Waals surface area (Å²) in [4.78, 5) is 14.5. The fraction of sp³-hybridized carbons (Fsp3) is 0.643. The predicted molar refractivity (Wildman–Crippen MR) is 81.5 cm³/mol. The van der Waals surface area contributed by atoms with E-state index in [-0.39, 0.29) is 18.1 Å². The van der Waals surface area contributed by atoms with Gasteiger partial charge in [0.15, 0.2) is 0 Å². The molecule has 0 bridgehead atoms. The number of nitrogens with one attached hydrogen (secondary N) is 1. The monoisotopic (exact) mass is 296 g/mol. The van der Waals surface area contributed by atoms with Crippen molar-refractivity contribution in [2.45, 2.75) is 43.1 Å². The summed E-state index contributed by atoms with van der Waals surface area (Å²) < 4.78 is 0.301. The Hall–Kier alpha value is -0.520. The molecular formula is C14H20N2OS2. The van der Waals surface area contributed by atoms with Gasteiger partial charge in [0.05, 0.1) is 6.04 Å². The molecule has 2 heterocycles. The maximum absolute atomic E-state index is 12.4. The van der Waals surface area contributed by atoms with E-state index in [9.17, 15) is 4.79 Å². The summed E-state index contributed by atoms with van der Waals surface area (Å²) in [5, 5.41) is 7.65.